The van der Waals surface area contributed by atoms with Crippen LogP contribution in [0, 0.1) is 5.92 Å². The monoisotopic (exact) mass is 221 g/mol. The zero-order valence-corrected chi connectivity index (χ0v) is 9.63. The number of rotatable bonds is 2. The van der Waals surface area contributed by atoms with Crippen molar-refractivity contribution in [3.63, 3.8) is 0 Å². The topological polar surface area (TPSA) is 43.7 Å². The first-order valence-electron chi connectivity index (χ1n) is 5.83. The molecule has 1 fully saturated rings. The molecule has 2 N–H and O–H groups in total. The third-order valence-corrected chi connectivity index (χ3v) is 3.47. The van der Waals surface area contributed by atoms with E-state index < -0.39 is 6.10 Å². The molecule has 1 unspecified atom stereocenters. The number of piperidine rings is 1. The molecule has 0 aliphatic carbocycles. The standard InChI is InChI=1S/C13H19NO2/c1-14-8-6-10(7-9-14)13(16)11-4-2-3-5-12(11)15/h2-5,10,13,15-16H,6-9H2,1H3. The molecule has 1 heterocycles. The van der Waals surface area contributed by atoms with Crippen LogP contribution in [0.5, 0.6) is 5.75 Å². The molecule has 0 saturated carbocycles. The van der Waals surface area contributed by atoms with Gasteiger partial charge in [0.25, 0.3) is 0 Å². The smallest absolute Gasteiger partial charge is 0.121 e. The van der Waals surface area contributed by atoms with Crippen LogP contribution in [0.15, 0.2) is 24.3 Å². The summed E-state index contributed by atoms with van der Waals surface area (Å²) in [5, 5.41) is 19.9. The molecule has 16 heavy (non-hydrogen) atoms. The highest BCUT2D eigenvalue weighted by molar-refractivity contribution is 5.33. The fourth-order valence-electron chi connectivity index (χ4n) is 2.34. The Morgan fingerprint density at radius 1 is 1.25 bits per heavy atom. The number of likely N-dealkylation sites (tertiary alicyclic amines) is 1. The van der Waals surface area contributed by atoms with Gasteiger partial charge >= 0.3 is 0 Å². The molecule has 88 valence electrons. The van der Waals surface area contributed by atoms with E-state index in [0.717, 1.165) is 25.9 Å². The van der Waals surface area contributed by atoms with Crippen LogP contribution in [0.2, 0.25) is 0 Å². The lowest BCUT2D eigenvalue weighted by Gasteiger charge is -2.32. The lowest BCUT2D eigenvalue weighted by molar-refractivity contribution is 0.0640. The molecule has 3 nitrogen and oxygen atoms in total. The maximum atomic E-state index is 10.2. The van der Waals surface area contributed by atoms with Gasteiger partial charge in [-0.1, -0.05) is 18.2 Å². The number of phenols is 1. The summed E-state index contributed by atoms with van der Waals surface area (Å²) in [4.78, 5) is 2.27. The van der Waals surface area contributed by atoms with Gasteiger partial charge in [0, 0.05) is 5.56 Å². The van der Waals surface area contributed by atoms with E-state index in [2.05, 4.69) is 11.9 Å². The molecule has 0 radical (unpaired) electrons. The summed E-state index contributed by atoms with van der Waals surface area (Å²) in [5.41, 5.74) is 0.664. The minimum atomic E-state index is -0.533. The molecule has 2 rings (SSSR count). The second-order valence-electron chi connectivity index (χ2n) is 4.64. The average molecular weight is 221 g/mol. The van der Waals surface area contributed by atoms with Gasteiger partial charge in [-0.3, -0.25) is 0 Å². The number of para-hydroxylation sites is 1. The highest BCUT2D eigenvalue weighted by atomic mass is 16.3. The summed E-state index contributed by atoms with van der Waals surface area (Å²) in [5.74, 6) is 0.471. The predicted octanol–water partition coefficient (Wildman–Crippen LogP) is 1.77. The Bertz CT molecular complexity index is 346. The molecule has 1 saturated heterocycles. The first kappa shape index (κ1) is 11.4. The van der Waals surface area contributed by atoms with Crippen LogP contribution < -0.4 is 0 Å². The van der Waals surface area contributed by atoms with Crippen molar-refractivity contribution in [3.05, 3.63) is 29.8 Å². The van der Waals surface area contributed by atoms with E-state index in [1.165, 1.54) is 0 Å². The minimum Gasteiger partial charge on any atom is -0.508 e. The predicted molar refractivity (Wildman–Crippen MR) is 63.3 cm³/mol. The Morgan fingerprint density at radius 2 is 1.88 bits per heavy atom. The lowest BCUT2D eigenvalue weighted by atomic mass is 9.87. The van der Waals surface area contributed by atoms with Gasteiger partial charge in [0.1, 0.15) is 5.75 Å². The Labute approximate surface area is 96.3 Å². The quantitative estimate of drug-likeness (QED) is 0.800. The van der Waals surface area contributed by atoms with E-state index in [1.54, 1.807) is 18.2 Å². The highest BCUT2D eigenvalue weighted by Crippen LogP contribution is 2.34. The maximum absolute atomic E-state index is 10.2. The van der Waals surface area contributed by atoms with Crippen LogP contribution in [0.4, 0.5) is 0 Å². The van der Waals surface area contributed by atoms with E-state index >= 15 is 0 Å². The fourth-order valence-corrected chi connectivity index (χ4v) is 2.34. The molecule has 0 bridgehead atoms. The van der Waals surface area contributed by atoms with Gasteiger partial charge in [-0.25, -0.2) is 0 Å². The Kier molecular flexibility index (Phi) is 3.46. The van der Waals surface area contributed by atoms with Crippen molar-refractivity contribution in [2.75, 3.05) is 20.1 Å². The number of hydrogen-bond donors (Lipinski definition) is 2. The van der Waals surface area contributed by atoms with E-state index in [9.17, 15) is 10.2 Å². The van der Waals surface area contributed by atoms with Crippen LogP contribution in [0.25, 0.3) is 0 Å². The second-order valence-corrected chi connectivity index (χ2v) is 4.64. The van der Waals surface area contributed by atoms with E-state index in [4.69, 9.17) is 0 Å². The van der Waals surface area contributed by atoms with Crippen molar-refractivity contribution in [2.24, 2.45) is 5.92 Å². The third-order valence-electron chi connectivity index (χ3n) is 3.47. The maximum Gasteiger partial charge on any atom is 0.121 e. The van der Waals surface area contributed by atoms with E-state index in [0.29, 0.717) is 5.56 Å². The molecule has 1 aromatic rings. The van der Waals surface area contributed by atoms with Gasteiger partial charge in [-0.05, 0) is 45.0 Å². The number of aromatic hydroxyl groups is 1. The molecular formula is C13H19NO2. The van der Waals surface area contributed by atoms with Gasteiger partial charge in [0.05, 0.1) is 6.10 Å². The minimum absolute atomic E-state index is 0.203. The van der Waals surface area contributed by atoms with Gasteiger partial charge in [-0.2, -0.15) is 0 Å². The molecular weight excluding hydrogens is 202 g/mol. The molecule has 1 aromatic carbocycles. The first-order chi connectivity index (χ1) is 7.68. The second kappa shape index (κ2) is 4.85. The van der Waals surface area contributed by atoms with Crippen LogP contribution in [0.1, 0.15) is 24.5 Å². The van der Waals surface area contributed by atoms with Gasteiger partial charge < -0.3 is 15.1 Å². The summed E-state index contributed by atoms with van der Waals surface area (Å²) < 4.78 is 0. The normalized spacial score (nSPS) is 20.9. The van der Waals surface area contributed by atoms with Crippen LogP contribution >= 0.6 is 0 Å². The number of hydrogen-bond acceptors (Lipinski definition) is 3. The number of aliphatic hydroxyl groups excluding tert-OH is 1. The Balaban J connectivity index is 2.07. The van der Waals surface area contributed by atoms with Crippen molar-refractivity contribution in [1.82, 2.24) is 4.90 Å². The average Bonchev–Trinajstić information content (AvgIpc) is 2.30. The largest absolute Gasteiger partial charge is 0.508 e. The van der Waals surface area contributed by atoms with Gasteiger partial charge in [0.2, 0.25) is 0 Å². The van der Waals surface area contributed by atoms with Crippen molar-refractivity contribution in [1.29, 1.82) is 0 Å². The van der Waals surface area contributed by atoms with E-state index in [-0.39, 0.29) is 11.7 Å². The van der Waals surface area contributed by atoms with E-state index in [1.807, 2.05) is 6.07 Å². The summed E-state index contributed by atoms with van der Waals surface area (Å²) in [7, 11) is 2.10. The van der Waals surface area contributed by atoms with Crippen molar-refractivity contribution in [3.8, 4) is 5.75 Å². The lowest BCUT2D eigenvalue weighted by Crippen LogP contribution is -2.32. The zero-order valence-electron chi connectivity index (χ0n) is 9.63. The number of phenolic OH excluding ortho intramolecular Hbond substituents is 1. The molecule has 0 spiro atoms. The first-order valence-corrected chi connectivity index (χ1v) is 5.83. The molecule has 1 aliphatic rings. The van der Waals surface area contributed by atoms with Crippen molar-refractivity contribution in [2.45, 2.75) is 18.9 Å². The summed E-state index contributed by atoms with van der Waals surface area (Å²) in [6.07, 6.45) is 1.45. The summed E-state index contributed by atoms with van der Waals surface area (Å²) in [6, 6.07) is 7.07. The fraction of sp³-hybridized carbons (Fsp3) is 0.538. The van der Waals surface area contributed by atoms with Gasteiger partial charge in [-0.15, -0.1) is 0 Å². The summed E-state index contributed by atoms with van der Waals surface area (Å²) >= 11 is 0. The molecule has 1 aliphatic heterocycles. The number of benzene rings is 1. The van der Waals surface area contributed by atoms with Crippen LogP contribution in [-0.4, -0.2) is 35.3 Å². The number of aliphatic hydroxyl groups is 1. The molecule has 1 atom stereocenters. The molecule has 3 heteroatoms. The Morgan fingerprint density at radius 3 is 2.50 bits per heavy atom. The summed E-state index contributed by atoms with van der Waals surface area (Å²) in [6.45, 7) is 2.05. The van der Waals surface area contributed by atoms with Crippen LogP contribution in [-0.2, 0) is 0 Å². The van der Waals surface area contributed by atoms with Crippen LogP contribution in [0.3, 0.4) is 0 Å². The zero-order chi connectivity index (χ0) is 11.5. The highest BCUT2D eigenvalue weighted by Gasteiger charge is 2.26. The van der Waals surface area contributed by atoms with Crippen molar-refractivity contribution >= 4 is 0 Å². The van der Waals surface area contributed by atoms with Crippen molar-refractivity contribution < 1.29 is 10.2 Å². The molecule has 0 aromatic heterocycles. The third kappa shape index (κ3) is 2.36. The Hall–Kier alpha value is -1.06. The molecule has 0 amide bonds. The SMILES string of the molecule is CN1CCC(C(O)c2ccccc2O)CC1. The number of nitrogens with zero attached hydrogens (tertiary/aromatic N) is 1. The van der Waals surface area contributed by atoms with Gasteiger partial charge in [0.15, 0.2) is 0 Å².